The maximum Gasteiger partial charge on any atom is 0.326 e. The van der Waals surface area contributed by atoms with Crippen molar-refractivity contribution in [3.05, 3.63) is 23.5 Å². The van der Waals surface area contributed by atoms with Crippen LogP contribution in [0.1, 0.15) is 26.2 Å². The minimum atomic E-state index is -0.609. The Kier molecular flexibility index (Phi) is 4.68. The highest BCUT2D eigenvalue weighted by Crippen LogP contribution is 2.27. The highest BCUT2D eigenvalue weighted by atomic mass is 16.5. The number of hydrogen-bond acceptors (Lipinski definition) is 5. The van der Waals surface area contributed by atoms with Gasteiger partial charge in [0.25, 0.3) is 0 Å². The van der Waals surface area contributed by atoms with E-state index in [1.807, 2.05) is 12.2 Å². The van der Waals surface area contributed by atoms with Crippen molar-refractivity contribution in [1.29, 1.82) is 0 Å². The Labute approximate surface area is 118 Å². The smallest absolute Gasteiger partial charge is 0.326 e. The summed E-state index contributed by atoms with van der Waals surface area (Å²) < 4.78 is 4.90. The van der Waals surface area contributed by atoms with Crippen LogP contribution in [0.5, 0.6) is 0 Å². The van der Waals surface area contributed by atoms with Gasteiger partial charge < -0.3 is 10.5 Å². The van der Waals surface area contributed by atoms with Gasteiger partial charge in [-0.2, -0.15) is 0 Å². The summed E-state index contributed by atoms with van der Waals surface area (Å²) in [4.78, 5) is 29.5. The van der Waals surface area contributed by atoms with Crippen LogP contribution in [0.15, 0.2) is 28.5 Å². The topological polar surface area (TPSA) is 85.0 Å². The molecular weight excluding hydrogens is 258 g/mol. The molecular formula is C14H19N3O3. The molecule has 0 spiro atoms. The summed E-state index contributed by atoms with van der Waals surface area (Å²) in [5.41, 5.74) is 6.88. The summed E-state index contributed by atoms with van der Waals surface area (Å²) in [5, 5.41) is 0. The van der Waals surface area contributed by atoms with Gasteiger partial charge in [0.05, 0.1) is 12.6 Å². The SMILES string of the molecule is CCOC(=O)CN1C(=O)C(N)CC2=C1/N=C\C=C/CC2. The van der Waals surface area contributed by atoms with E-state index in [9.17, 15) is 9.59 Å². The second kappa shape index (κ2) is 6.47. The van der Waals surface area contributed by atoms with Gasteiger partial charge in [0, 0.05) is 6.21 Å². The van der Waals surface area contributed by atoms with E-state index in [0.717, 1.165) is 18.4 Å². The van der Waals surface area contributed by atoms with Gasteiger partial charge in [-0.15, -0.1) is 0 Å². The van der Waals surface area contributed by atoms with Gasteiger partial charge in [0.1, 0.15) is 12.4 Å². The molecule has 6 heteroatoms. The molecule has 2 N–H and O–H groups in total. The molecule has 108 valence electrons. The van der Waals surface area contributed by atoms with E-state index < -0.39 is 12.0 Å². The van der Waals surface area contributed by atoms with Gasteiger partial charge in [-0.3, -0.25) is 14.5 Å². The zero-order valence-corrected chi connectivity index (χ0v) is 11.5. The minimum Gasteiger partial charge on any atom is -0.465 e. The number of nitrogens with two attached hydrogens (primary N) is 1. The van der Waals surface area contributed by atoms with Crippen LogP contribution >= 0.6 is 0 Å². The Morgan fingerprint density at radius 3 is 3.15 bits per heavy atom. The van der Waals surface area contributed by atoms with Crippen LogP contribution in [0, 0.1) is 0 Å². The number of ether oxygens (including phenoxy) is 1. The molecule has 0 fully saturated rings. The first-order valence-corrected chi connectivity index (χ1v) is 6.77. The van der Waals surface area contributed by atoms with Crippen molar-refractivity contribution < 1.29 is 14.3 Å². The normalized spacial score (nSPS) is 25.6. The van der Waals surface area contributed by atoms with Crippen LogP contribution in [-0.4, -0.2) is 42.2 Å². The first-order valence-electron chi connectivity index (χ1n) is 6.77. The molecule has 0 aromatic heterocycles. The van der Waals surface area contributed by atoms with Crippen molar-refractivity contribution in [1.82, 2.24) is 4.90 Å². The quantitative estimate of drug-likeness (QED) is 0.771. The lowest BCUT2D eigenvalue weighted by atomic mass is 9.96. The summed E-state index contributed by atoms with van der Waals surface area (Å²) in [7, 11) is 0. The Balaban J connectivity index is 2.28. The van der Waals surface area contributed by atoms with Gasteiger partial charge in [-0.25, -0.2) is 4.99 Å². The Morgan fingerprint density at radius 1 is 1.60 bits per heavy atom. The Morgan fingerprint density at radius 2 is 2.40 bits per heavy atom. The zero-order valence-electron chi connectivity index (χ0n) is 11.5. The standard InChI is InChI=1S/C14H19N3O3/c1-2-20-12(18)9-17-13-10(8-11(15)14(17)19)6-4-3-5-7-16-13/h3,5,7,11H,2,4,6,8-9,15H2,1H3/b5-3-,16-7-. The molecule has 2 heterocycles. The largest absolute Gasteiger partial charge is 0.465 e. The highest BCUT2D eigenvalue weighted by Gasteiger charge is 2.33. The molecule has 0 aliphatic carbocycles. The highest BCUT2D eigenvalue weighted by molar-refractivity contribution is 5.89. The molecule has 0 saturated heterocycles. The predicted molar refractivity (Wildman–Crippen MR) is 74.8 cm³/mol. The summed E-state index contributed by atoms with van der Waals surface area (Å²) in [6.45, 7) is 1.87. The fourth-order valence-corrected chi connectivity index (χ4v) is 2.33. The first kappa shape index (κ1) is 14.5. The predicted octanol–water partition coefficient (Wildman–Crippen LogP) is 0.742. The van der Waals surface area contributed by atoms with E-state index in [2.05, 4.69) is 4.99 Å². The zero-order chi connectivity index (χ0) is 14.5. The molecule has 2 rings (SSSR count). The fourth-order valence-electron chi connectivity index (χ4n) is 2.33. The average molecular weight is 277 g/mol. The van der Waals surface area contributed by atoms with Gasteiger partial charge in [0.2, 0.25) is 5.91 Å². The number of amides is 1. The molecule has 1 unspecified atom stereocenters. The fraction of sp³-hybridized carbons (Fsp3) is 0.500. The van der Waals surface area contributed by atoms with Crippen molar-refractivity contribution in [3.8, 4) is 0 Å². The van der Waals surface area contributed by atoms with Crippen LogP contribution in [0.2, 0.25) is 0 Å². The van der Waals surface area contributed by atoms with Crippen molar-refractivity contribution >= 4 is 18.1 Å². The number of carbonyl (C=O) groups is 2. The third-order valence-electron chi connectivity index (χ3n) is 3.25. The molecule has 1 atom stereocenters. The van der Waals surface area contributed by atoms with E-state index in [-0.39, 0.29) is 19.1 Å². The number of hydrogen-bond donors (Lipinski definition) is 1. The van der Waals surface area contributed by atoms with Crippen molar-refractivity contribution in [2.24, 2.45) is 10.7 Å². The van der Waals surface area contributed by atoms with Crippen molar-refractivity contribution in [2.75, 3.05) is 13.2 Å². The van der Waals surface area contributed by atoms with E-state index in [1.165, 1.54) is 4.90 Å². The summed E-state index contributed by atoms with van der Waals surface area (Å²) >= 11 is 0. The Hall–Kier alpha value is -1.95. The lowest BCUT2D eigenvalue weighted by Crippen LogP contribution is -2.49. The van der Waals surface area contributed by atoms with Gasteiger partial charge in [-0.1, -0.05) is 6.08 Å². The molecule has 2 aliphatic heterocycles. The Bertz CT molecular complexity index is 494. The maximum absolute atomic E-state index is 12.2. The number of allylic oxidation sites excluding steroid dienone is 2. The molecule has 0 bridgehead atoms. The minimum absolute atomic E-state index is 0.139. The van der Waals surface area contributed by atoms with E-state index in [1.54, 1.807) is 13.1 Å². The first-order chi connectivity index (χ1) is 9.63. The number of carbonyl (C=O) groups excluding carboxylic acids is 2. The van der Waals surface area contributed by atoms with Gasteiger partial charge in [0.15, 0.2) is 0 Å². The summed E-state index contributed by atoms with van der Waals surface area (Å²) in [5.74, 6) is -0.179. The van der Waals surface area contributed by atoms with Crippen LogP contribution in [0.25, 0.3) is 0 Å². The van der Waals surface area contributed by atoms with Crippen LogP contribution < -0.4 is 5.73 Å². The van der Waals surface area contributed by atoms with Crippen LogP contribution in [0.3, 0.4) is 0 Å². The molecule has 0 radical (unpaired) electrons. The monoisotopic (exact) mass is 277 g/mol. The molecule has 20 heavy (non-hydrogen) atoms. The lowest BCUT2D eigenvalue weighted by Gasteiger charge is -2.32. The summed E-state index contributed by atoms with van der Waals surface area (Å²) in [6, 6.07) is -0.609. The van der Waals surface area contributed by atoms with Crippen LogP contribution in [0.4, 0.5) is 0 Å². The van der Waals surface area contributed by atoms with E-state index in [0.29, 0.717) is 12.2 Å². The lowest BCUT2D eigenvalue weighted by molar-refractivity contribution is -0.148. The number of nitrogens with zero attached hydrogens (tertiary/aromatic N) is 2. The molecule has 6 nitrogen and oxygen atoms in total. The third kappa shape index (κ3) is 3.14. The second-order valence-electron chi connectivity index (χ2n) is 4.71. The maximum atomic E-state index is 12.2. The van der Waals surface area contributed by atoms with E-state index >= 15 is 0 Å². The molecule has 2 aliphatic rings. The van der Waals surface area contributed by atoms with Crippen LogP contribution in [-0.2, 0) is 14.3 Å². The summed E-state index contributed by atoms with van der Waals surface area (Å²) in [6.07, 6.45) is 7.66. The molecule has 1 amide bonds. The average Bonchev–Trinajstić information content (AvgIpc) is 2.38. The molecule has 0 aromatic rings. The molecule has 0 aromatic carbocycles. The third-order valence-corrected chi connectivity index (χ3v) is 3.25. The van der Waals surface area contributed by atoms with Gasteiger partial charge >= 0.3 is 5.97 Å². The number of aliphatic imine (C=N–C) groups is 1. The van der Waals surface area contributed by atoms with Gasteiger partial charge in [-0.05, 0) is 37.8 Å². The molecule has 0 saturated carbocycles. The number of esters is 1. The van der Waals surface area contributed by atoms with E-state index in [4.69, 9.17) is 10.5 Å². The van der Waals surface area contributed by atoms with Crippen molar-refractivity contribution in [2.45, 2.75) is 32.2 Å². The number of rotatable bonds is 3. The van der Waals surface area contributed by atoms with Crippen molar-refractivity contribution in [3.63, 3.8) is 0 Å². The second-order valence-corrected chi connectivity index (χ2v) is 4.71.